The predicted octanol–water partition coefficient (Wildman–Crippen LogP) is -2.22. The number of carbonyl (C=O) groups excluding carboxylic acids is 4. The lowest BCUT2D eigenvalue weighted by molar-refractivity contribution is -0.142. The van der Waals surface area contributed by atoms with E-state index in [0.717, 1.165) is 0 Å². The van der Waals surface area contributed by atoms with Gasteiger partial charge >= 0.3 is 5.97 Å². The van der Waals surface area contributed by atoms with Crippen LogP contribution in [0.2, 0.25) is 0 Å². The standard InChI is InChI=1S/C25H40N8O7/c1-13(2)20(23(38)32-18(24(39)40)12-14-5-7-15(34)8-6-14)33-22(37)17(4-3-11-30-25(28)29)31-21(36)16(26)9-10-19(27)35/h5-8,13,16-18,20,34H,3-4,9-12,26H2,1-2H3,(H2,27,35)(H,31,36)(H,32,38)(H,33,37)(H,39,40)(H4,28,29,30). The molecule has 4 amide bonds. The molecule has 4 unspecified atom stereocenters. The normalized spacial score (nSPS) is 13.8. The summed E-state index contributed by atoms with van der Waals surface area (Å²) in [5.74, 6) is -4.66. The van der Waals surface area contributed by atoms with Crippen LogP contribution in [0.1, 0.15) is 45.1 Å². The summed E-state index contributed by atoms with van der Waals surface area (Å²) in [5, 5.41) is 26.6. The third-order valence-electron chi connectivity index (χ3n) is 5.85. The van der Waals surface area contributed by atoms with Gasteiger partial charge in [-0.3, -0.25) is 24.2 Å². The van der Waals surface area contributed by atoms with Gasteiger partial charge in [0, 0.05) is 19.4 Å². The van der Waals surface area contributed by atoms with Gasteiger partial charge in [-0.2, -0.15) is 0 Å². The zero-order valence-electron chi connectivity index (χ0n) is 22.6. The fourth-order valence-electron chi connectivity index (χ4n) is 3.60. The molecule has 0 bridgehead atoms. The molecule has 0 aliphatic rings. The average Bonchev–Trinajstić information content (AvgIpc) is 2.87. The van der Waals surface area contributed by atoms with Crippen LogP contribution in [0.15, 0.2) is 29.3 Å². The van der Waals surface area contributed by atoms with Gasteiger partial charge in [0.05, 0.1) is 6.04 Å². The average molecular weight is 565 g/mol. The van der Waals surface area contributed by atoms with Crippen molar-refractivity contribution < 1.29 is 34.2 Å². The minimum absolute atomic E-state index is 0.0102. The van der Waals surface area contributed by atoms with E-state index in [1.807, 2.05) is 0 Å². The summed E-state index contributed by atoms with van der Waals surface area (Å²) in [4.78, 5) is 65.6. The van der Waals surface area contributed by atoms with E-state index < -0.39 is 59.7 Å². The van der Waals surface area contributed by atoms with Crippen molar-refractivity contribution in [3.63, 3.8) is 0 Å². The van der Waals surface area contributed by atoms with Gasteiger partial charge in [-0.05, 0) is 42.9 Å². The van der Waals surface area contributed by atoms with E-state index in [1.54, 1.807) is 13.8 Å². The van der Waals surface area contributed by atoms with E-state index in [1.165, 1.54) is 24.3 Å². The van der Waals surface area contributed by atoms with Crippen LogP contribution < -0.4 is 38.9 Å². The van der Waals surface area contributed by atoms with Crippen LogP contribution in [0.5, 0.6) is 5.75 Å². The van der Waals surface area contributed by atoms with E-state index in [2.05, 4.69) is 20.9 Å². The monoisotopic (exact) mass is 564 g/mol. The molecule has 1 aromatic carbocycles. The van der Waals surface area contributed by atoms with Gasteiger partial charge < -0.3 is 49.1 Å². The van der Waals surface area contributed by atoms with E-state index in [9.17, 15) is 34.2 Å². The predicted molar refractivity (Wildman–Crippen MR) is 146 cm³/mol. The summed E-state index contributed by atoms with van der Waals surface area (Å²) in [5.41, 5.74) is 22.1. The molecule has 0 aliphatic heterocycles. The molecule has 40 heavy (non-hydrogen) atoms. The molecule has 0 heterocycles. The van der Waals surface area contributed by atoms with Crippen molar-refractivity contribution in [2.45, 2.75) is 70.1 Å². The smallest absolute Gasteiger partial charge is 0.326 e. The number of phenolic OH excluding ortho intramolecular Hbond substituents is 1. The molecule has 15 nitrogen and oxygen atoms in total. The lowest BCUT2D eigenvalue weighted by Crippen LogP contribution is -2.58. The number of aliphatic imine (C=N–C) groups is 1. The van der Waals surface area contributed by atoms with Gasteiger partial charge in [-0.25, -0.2) is 4.79 Å². The highest BCUT2D eigenvalue weighted by molar-refractivity contribution is 5.94. The minimum atomic E-state index is -1.31. The quantitative estimate of drug-likeness (QED) is 0.0558. The van der Waals surface area contributed by atoms with Crippen LogP contribution in [0.3, 0.4) is 0 Å². The summed E-state index contributed by atoms with van der Waals surface area (Å²) >= 11 is 0. The summed E-state index contributed by atoms with van der Waals surface area (Å²) in [7, 11) is 0. The fourth-order valence-corrected chi connectivity index (χ4v) is 3.60. The zero-order chi connectivity index (χ0) is 30.4. The topological polar surface area (TPSA) is 278 Å². The van der Waals surface area contributed by atoms with E-state index in [4.69, 9.17) is 22.9 Å². The first-order chi connectivity index (χ1) is 18.7. The Kier molecular flexibility index (Phi) is 13.9. The van der Waals surface area contributed by atoms with Crippen molar-refractivity contribution in [1.29, 1.82) is 0 Å². The number of aliphatic carboxylic acids is 1. The van der Waals surface area contributed by atoms with Crippen LogP contribution in [0.4, 0.5) is 0 Å². The molecular formula is C25H40N8O7. The number of primary amides is 1. The molecule has 0 saturated heterocycles. The summed E-state index contributed by atoms with van der Waals surface area (Å²) in [6.07, 6.45) is 0.159. The molecule has 222 valence electrons. The molecule has 0 radical (unpaired) electrons. The number of carboxylic acids is 1. The Bertz CT molecular complexity index is 1060. The Morgan fingerprint density at radius 1 is 0.875 bits per heavy atom. The molecule has 4 atom stereocenters. The van der Waals surface area contributed by atoms with Crippen LogP contribution >= 0.6 is 0 Å². The molecule has 13 N–H and O–H groups in total. The highest BCUT2D eigenvalue weighted by Gasteiger charge is 2.32. The number of carbonyl (C=O) groups is 5. The number of aromatic hydroxyl groups is 1. The fraction of sp³-hybridized carbons (Fsp3) is 0.520. The number of nitrogens with zero attached hydrogens (tertiary/aromatic N) is 1. The number of hydrogen-bond acceptors (Lipinski definition) is 8. The first-order valence-corrected chi connectivity index (χ1v) is 12.7. The molecule has 0 aliphatic carbocycles. The second-order valence-corrected chi connectivity index (χ2v) is 9.62. The number of benzene rings is 1. The molecule has 0 aromatic heterocycles. The van der Waals surface area contributed by atoms with E-state index >= 15 is 0 Å². The van der Waals surface area contributed by atoms with Gasteiger partial charge in [-0.15, -0.1) is 0 Å². The third kappa shape index (κ3) is 12.4. The van der Waals surface area contributed by atoms with Gasteiger partial charge in [-0.1, -0.05) is 26.0 Å². The van der Waals surface area contributed by atoms with Crippen LogP contribution in [-0.2, 0) is 30.4 Å². The van der Waals surface area contributed by atoms with Crippen molar-refractivity contribution in [3.05, 3.63) is 29.8 Å². The second kappa shape index (κ2) is 16.5. The number of rotatable bonds is 17. The van der Waals surface area contributed by atoms with Crippen LogP contribution in [-0.4, -0.2) is 76.5 Å². The Hall–Kier alpha value is -4.40. The second-order valence-electron chi connectivity index (χ2n) is 9.62. The first kappa shape index (κ1) is 33.6. The van der Waals surface area contributed by atoms with Crippen molar-refractivity contribution in [3.8, 4) is 5.75 Å². The van der Waals surface area contributed by atoms with Gasteiger partial charge in [0.15, 0.2) is 5.96 Å². The zero-order valence-corrected chi connectivity index (χ0v) is 22.6. The first-order valence-electron chi connectivity index (χ1n) is 12.7. The maximum absolute atomic E-state index is 13.2. The maximum atomic E-state index is 13.2. The lowest BCUT2D eigenvalue weighted by atomic mass is 10.00. The largest absolute Gasteiger partial charge is 0.508 e. The molecule has 15 heteroatoms. The number of guanidine groups is 1. The number of phenols is 1. The van der Waals surface area contributed by atoms with Gasteiger partial charge in [0.1, 0.15) is 23.9 Å². The molecular weight excluding hydrogens is 524 g/mol. The van der Waals surface area contributed by atoms with Crippen LogP contribution in [0.25, 0.3) is 0 Å². The molecule has 1 aromatic rings. The Morgan fingerprint density at radius 3 is 2.00 bits per heavy atom. The van der Waals surface area contributed by atoms with Crippen molar-refractivity contribution >= 4 is 35.6 Å². The molecule has 1 rings (SSSR count). The van der Waals surface area contributed by atoms with Crippen molar-refractivity contribution in [1.82, 2.24) is 16.0 Å². The highest BCUT2D eigenvalue weighted by Crippen LogP contribution is 2.12. The maximum Gasteiger partial charge on any atom is 0.326 e. The van der Waals surface area contributed by atoms with Crippen molar-refractivity contribution in [2.75, 3.05) is 6.54 Å². The molecule has 0 saturated carbocycles. The number of nitrogens with one attached hydrogen (secondary N) is 3. The Labute approximate surface area is 232 Å². The summed E-state index contributed by atoms with van der Waals surface area (Å²) in [6, 6.07) is 1.15. The van der Waals surface area contributed by atoms with Gasteiger partial charge in [0.25, 0.3) is 0 Å². The minimum Gasteiger partial charge on any atom is -0.508 e. The lowest BCUT2D eigenvalue weighted by Gasteiger charge is -2.27. The molecule has 0 fully saturated rings. The van der Waals surface area contributed by atoms with Crippen LogP contribution in [0, 0.1) is 5.92 Å². The van der Waals surface area contributed by atoms with E-state index in [0.29, 0.717) is 12.0 Å². The number of amides is 4. The number of hydrogen-bond donors (Lipinski definition) is 9. The number of nitrogens with two attached hydrogens (primary N) is 4. The van der Waals surface area contributed by atoms with E-state index in [-0.39, 0.29) is 43.9 Å². The van der Waals surface area contributed by atoms with Crippen molar-refractivity contribution in [2.24, 2.45) is 33.8 Å². The number of carboxylic acid groups (broad SMARTS) is 1. The molecule has 0 spiro atoms. The van der Waals surface area contributed by atoms with Gasteiger partial charge in [0.2, 0.25) is 23.6 Å². The highest BCUT2D eigenvalue weighted by atomic mass is 16.4. The summed E-state index contributed by atoms with van der Waals surface area (Å²) < 4.78 is 0. The Morgan fingerprint density at radius 2 is 1.48 bits per heavy atom. The Balaban J connectivity index is 3.01. The SMILES string of the molecule is CC(C)C(NC(=O)C(CCCN=C(N)N)NC(=O)C(N)CCC(N)=O)C(=O)NC(Cc1ccc(O)cc1)C(=O)O. The third-order valence-corrected chi connectivity index (χ3v) is 5.85. The summed E-state index contributed by atoms with van der Waals surface area (Å²) in [6.45, 7) is 3.49.